The molecule has 0 atom stereocenters. The summed E-state index contributed by atoms with van der Waals surface area (Å²) in [6.45, 7) is 2.00. The quantitative estimate of drug-likeness (QED) is 0.205. The summed E-state index contributed by atoms with van der Waals surface area (Å²) in [5.74, 6) is 0.365. The zero-order valence-corrected chi connectivity index (χ0v) is 23.2. The third-order valence-corrected chi connectivity index (χ3v) is 7.21. The largest absolute Gasteiger partial charge is 0.490 e. The number of hydrogen-bond donors (Lipinski definition) is 3. The minimum atomic E-state index is -1.11. The van der Waals surface area contributed by atoms with Crippen molar-refractivity contribution in [3.8, 4) is 17.2 Å². The Bertz CT molecular complexity index is 1540. The van der Waals surface area contributed by atoms with Gasteiger partial charge in [0.25, 0.3) is 11.8 Å². The second kappa shape index (κ2) is 13.0. The normalized spacial score (nSPS) is 16.2. The number of carboxylic acid groups (broad SMARTS) is 1. The number of carbonyl (C=O) groups excluding carboxylic acids is 2. The maximum atomic E-state index is 12.6. The predicted molar refractivity (Wildman–Crippen MR) is 160 cm³/mol. The van der Waals surface area contributed by atoms with E-state index in [-0.39, 0.29) is 29.3 Å². The number of ether oxygens (including phenoxy) is 2. The lowest BCUT2D eigenvalue weighted by molar-refractivity contribution is 0.0697. The molecule has 0 aromatic heterocycles. The molecule has 0 spiro atoms. The van der Waals surface area contributed by atoms with Crippen LogP contribution in [0.1, 0.15) is 62.3 Å². The Balaban J connectivity index is 1.08. The molecule has 8 heteroatoms. The van der Waals surface area contributed by atoms with Crippen LogP contribution in [0.3, 0.4) is 0 Å². The SMILES string of the molecule is Cc1ccc(C(=O)NC2CCC(Oc3ccc(Oc4ccc(C(=O)Nc5ccccc5C(=O)O)cc4)cc3)CC2)cc1. The van der Waals surface area contributed by atoms with Crippen LogP contribution < -0.4 is 20.1 Å². The van der Waals surface area contributed by atoms with Gasteiger partial charge in [-0.15, -0.1) is 0 Å². The van der Waals surface area contributed by atoms with E-state index in [1.165, 1.54) is 6.07 Å². The summed E-state index contributed by atoms with van der Waals surface area (Å²) in [5, 5.41) is 15.1. The Hall–Kier alpha value is -5.11. The first-order valence-corrected chi connectivity index (χ1v) is 13.9. The van der Waals surface area contributed by atoms with Crippen LogP contribution in [0.2, 0.25) is 0 Å². The van der Waals surface area contributed by atoms with Crippen molar-refractivity contribution in [1.29, 1.82) is 0 Å². The molecular formula is C34H32N2O6. The van der Waals surface area contributed by atoms with E-state index >= 15 is 0 Å². The highest BCUT2D eigenvalue weighted by molar-refractivity contribution is 6.07. The van der Waals surface area contributed by atoms with Gasteiger partial charge in [0.1, 0.15) is 17.2 Å². The first kappa shape index (κ1) is 28.4. The number of aryl methyl sites for hydroxylation is 1. The van der Waals surface area contributed by atoms with Gasteiger partial charge in [-0.1, -0.05) is 29.8 Å². The van der Waals surface area contributed by atoms with E-state index in [4.69, 9.17) is 9.47 Å². The van der Waals surface area contributed by atoms with Gasteiger partial charge in [-0.05, 0) is 105 Å². The van der Waals surface area contributed by atoms with Gasteiger partial charge in [0.15, 0.2) is 0 Å². The van der Waals surface area contributed by atoms with E-state index in [9.17, 15) is 19.5 Å². The van der Waals surface area contributed by atoms with Gasteiger partial charge in [-0.2, -0.15) is 0 Å². The minimum Gasteiger partial charge on any atom is -0.490 e. The second-order valence-corrected chi connectivity index (χ2v) is 10.3. The van der Waals surface area contributed by atoms with Crippen LogP contribution in [-0.4, -0.2) is 35.0 Å². The lowest BCUT2D eigenvalue weighted by atomic mass is 9.92. The van der Waals surface area contributed by atoms with Crippen LogP contribution in [0.5, 0.6) is 17.2 Å². The summed E-state index contributed by atoms with van der Waals surface area (Å²) in [4.78, 5) is 36.5. The third-order valence-electron chi connectivity index (χ3n) is 7.21. The molecule has 214 valence electrons. The molecule has 0 aliphatic heterocycles. The Morgan fingerprint density at radius 2 is 1.24 bits per heavy atom. The molecule has 1 saturated carbocycles. The number of benzene rings is 4. The number of hydrogen-bond acceptors (Lipinski definition) is 5. The van der Waals surface area contributed by atoms with E-state index < -0.39 is 11.9 Å². The van der Waals surface area contributed by atoms with Crippen molar-refractivity contribution in [2.45, 2.75) is 44.8 Å². The highest BCUT2D eigenvalue weighted by atomic mass is 16.5. The van der Waals surface area contributed by atoms with Gasteiger partial charge in [0.05, 0.1) is 17.4 Å². The predicted octanol–water partition coefficient (Wildman–Crippen LogP) is 6.86. The molecule has 4 aromatic carbocycles. The first-order chi connectivity index (χ1) is 20.3. The van der Waals surface area contributed by atoms with Gasteiger partial charge in [-0.3, -0.25) is 9.59 Å². The maximum Gasteiger partial charge on any atom is 0.337 e. The number of para-hydroxylation sites is 1. The van der Waals surface area contributed by atoms with E-state index in [1.807, 2.05) is 55.5 Å². The summed E-state index contributed by atoms with van der Waals surface area (Å²) in [7, 11) is 0. The average molecular weight is 565 g/mol. The van der Waals surface area contributed by atoms with Crippen molar-refractivity contribution in [2.75, 3.05) is 5.32 Å². The Kier molecular flexibility index (Phi) is 8.82. The molecule has 0 saturated heterocycles. The van der Waals surface area contributed by atoms with E-state index in [0.29, 0.717) is 22.6 Å². The van der Waals surface area contributed by atoms with Gasteiger partial charge < -0.3 is 25.2 Å². The number of aromatic carboxylic acids is 1. The van der Waals surface area contributed by atoms with Crippen LogP contribution in [-0.2, 0) is 0 Å². The van der Waals surface area contributed by atoms with Crippen molar-refractivity contribution in [2.24, 2.45) is 0 Å². The molecule has 0 unspecified atom stereocenters. The molecule has 8 nitrogen and oxygen atoms in total. The highest BCUT2D eigenvalue weighted by Gasteiger charge is 2.24. The molecule has 1 aliphatic rings. The molecule has 2 amide bonds. The van der Waals surface area contributed by atoms with E-state index in [1.54, 1.807) is 42.5 Å². The molecule has 3 N–H and O–H groups in total. The summed E-state index contributed by atoms with van der Waals surface area (Å²) in [5.41, 5.74) is 2.43. The summed E-state index contributed by atoms with van der Waals surface area (Å²) in [6, 6.07) is 28.0. The molecular weight excluding hydrogens is 532 g/mol. The monoisotopic (exact) mass is 564 g/mol. The Labute approximate surface area is 244 Å². The fraction of sp³-hybridized carbons (Fsp3) is 0.206. The molecule has 1 fully saturated rings. The van der Waals surface area contributed by atoms with Crippen LogP contribution >= 0.6 is 0 Å². The van der Waals surface area contributed by atoms with Crippen LogP contribution in [0, 0.1) is 6.92 Å². The number of anilines is 1. The molecule has 0 radical (unpaired) electrons. The van der Waals surface area contributed by atoms with Crippen LogP contribution in [0.25, 0.3) is 0 Å². The number of rotatable bonds is 9. The zero-order chi connectivity index (χ0) is 29.5. The van der Waals surface area contributed by atoms with Crippen molar-refractivity contribution in [1.82, 2.24) is 5.32 Å². The first-order valence-electron chi connectivity index (χ1n) is 13.9. The van der Waals surface area contributed by atoms with Crippen molar-refractivity contribution < 1.29 is 29.0 Å². The summed E-state index contributed by atoms with van der Waals surface area (Å²) >= 11 is 0. The summed E-state index contributed by atoms with van der Waals surface area (Å²) < 4.78 is 12.1. The second-order valence-electron chi connectivity index (χ2n) is 10.3. The molecule has 0 heterocycles. The number of carbonyl (C=O) groups is 3. The smallest absolute Gasteiger partial charge is 0.337 e. The zero-order valence-electron chi connectivity index (χ0n) is 23.2. The fourth-order valence-electron chi connectivity index (χ4n) is 4.86. The molecule has 0 bridgehead atoms. The van der Waals surface area contributed by atoms with Gasteiger partial charge in [-0.25, -0.2) is 4.79 Å². The van der Waals surface area contributed by atoms with Gasteiger partial charge in [0.2, 0.25) is 0 Å². The van der Waals surface area contributed by atoms with Crippen molar-refractivity contribution >= 4 is 23.5 Å². The number of amides is 2. The molecule has 4 aromatic rings. The Morgan fingerprint density at radius 3 is 1.88 bits per heavy atom. The minimum absolute atomic E-state index is 0.0216. The molecule has 42 heavy (non-hydrogen) atoms. The fourth-order valence-corrected chi connectivity index (χ4v) is 4.86. The molecule has 5 rings (SSSR count). The lowest BCUT2D eigenvalue weighted by Crippen LogP contribution is -2.39. The topological polar surface area (TPSA) is 114 Å². The maximum absolute atomic E-state index is 12.6. The van der Waals surface area contributed by atoms with E-state index in [0.717, 1.165) is 37.0 Å². The number of nitrogens with one attached hydrogen (secondary N) is 2. The lowest BCUT2D eigenvalue weighted by Gasteiger charge is -2.29. The van der Waals surface area contributed by atoms with Crippen molar-refractivity contribution in [3.63, 3.8) is 0 Å². The van der Waals surface area contributed by atoms with Crippen LogP contribution in [0.4, 0.5) is 5.69 Å². The Morgan fingerprint density at radius 1 is 0.690 bits per heavy atom. The standard InChI is InChI=1S/C34H32N2O6/c1-22-6-8-23(9-7-22)32(37)35-25-12-16-27(17-13-25)42-29-20-18-28(19-21-29)41-26-14-10-24(11-15-26)33(38)36-31-5-3-2-4-30(31)34(39)40/h2-11,14-15,18-21,25,27H,12-13,16-17H2,1H3,(H,35,37)(H,36,38)(H,39,40). The van der Waals surface area contributed by atoms with E-state index in [2.05, 4.69) is 10.6 Å². The highest BCUT2D eigenvalue weighted by Crippen LogP contribution is 2.28. The third kappa shape index (κ3) is 7.34. The van der Waals surface area contributed by atoms with Crippen LogP contribution in [0.15, 0.2) is 97.1 Å². The van der Waals surface area contributed by atoms with Crippen molar-refractivity contribution in [3.05, 3.63) is 119 Å². The average Bonchev–Trinajstić information content (AvgIpc) is 3.00. The molecule has 1 aliphatic carbocycles. The summed E-state index contributed by atoms with van der Waals surface area (Å²) in [6.07, 6.45) is 3.54. The van der Waals surface area contributed by atoms with Gasteiger partial charge in [0, 0.05) is 17.2 Å². The van der Waals surface area contributed by atoms with Gasteiger partial charge >= 0.3 is 5.97 Å². The number of carboxylic acids is 1.